The first-order chi connectivity index (χ1) is 7.10. The zero-order valence-electron chi connectivity index (χ0n) is 9.58. The van der Waals surface area contributed by atoms with E-state index in [1.54, 1.807) is 14.2 Å². The van der Waals surface area contributed by atoms with E-state index in [9.17, 15) is 0 Å². The molecule has 0 aliphatic heterocycles. The van der Waals surface area contributed by atoms with Crippen LogP contribution >= 0.6 is 15.9 Å². The van der Waals surface area contributed by atoms with Crippen LogP contribution in [0.4, 0.5) is 0 Å². The van der Waals surface area contributed by atoms with Crippen LogP contribution in [0, 0.1) is 0 Å². The highest BCUT2D eigenvalue weighted by molar-refractivity contribution is 9.09. The van der Waals surface area contributed by atoms with E-state index in [0.717, 1.165) is 11.5 Å². The Morgan fingerprint density at radius 3 is 2.13 bits per heavy atom. The molecule has 1 aromatic carbocycles. The molecule has 3 heteroatoms. The molecule has 0 heterocycles. The summed E-state index contributed by atoms with van der Waals surface area (Å²) in [6.45, 7) is 4.32. The zero-order valence-corrected chi connectivity index (χ0v) is 11.2. The summed E-state index contributed by atoms with van der Waals surface area (Å²) in [4.78, 5) is 0.440. The predicted octanol–water partition coefficient (Wildman–Crippen LogP) is 3.59. The van der Waals surface area contributed by atoms with Gasteiger partial charge in [-0.05, 0) is 23.6 Å². The van der Waals surface area contributed by atoms with Crippen molar-refractivity contribution in [3.05, 3.63) is 23.8 Å². The molecule has 2 unspecified atom stereocenters. The second-order valence-corrected chi connectivity index (χ2v) is 5.02. The Hall–Kier alpha value is -0.700. The Morgan fingerprint density at radius 1 is 1.07 bits per heavy atom. The van der Waals surface area contributed by atoms with E-state index in [-0.39, 0.29) is 0 Å². The first-order valence-electron chi connectivity index (χ1n) is 4.96. The van der Waals surface area contributed by atoms with Gasteiger partial charge in [0.15, 0.2) is 11.5 Å². The van der Waals surface area contributed by atoms with Crippen molar-refractivity contribution in [1.82, 2.24) is 0 Å². The van der Waals surface area contributed by atoms with Crippen LogP contribution in [0.2, 0.25) is 0 Å². The molecule has 0 spiro atoms. The predicted molar refractivity (Wildman–Crippen MR) is 66.4 cm³/mol. The zero-order chi connectivity index (χ0) is 11.4. The molecule has 0 bridgehead atoms. The largest absolute Gasteiger partial charge is 0.493 e. The third-order valence-electron chi connectivity index (χ3n) is 2.62. The summed E-state index contributed by atoms with van der Waals surface area (Å²) in [5.41, 5.74) is 1.25. The van der Waals surface area contributed by atoms with Gasteiger partial charge in [-0.15, -0.1) is 0 Å². The van der Waals surface area contributed by atoms with E-state index in [1.807, 2.05) is 12.1 Å². The smallest absolute Gasteiger partial charge is 0.160 e. The Bertz CT molecular complexity index is 323. The molecule has 0 aromatic heterocycles. The molecule has 84 valence electrons. The lowest BCUT2D eigenvalue weighted by molar-refractivity contribution is 0.354. The summed E-state index contributed by atoms with van der Waals surface area (Å²) in [5, 5.41) is 0. The molecule has 0 fully saturated rings. The highest BCUT2D eigenvalue weighted by Crippen LogP contribution is 2.32. The summed E-state index contributed by atoms with van der Waals surface area (Å²) in [6.07, 6.45) is 0. The first-order valence-corrected chi connectivity index (χ1v) is 5.87. The normalized spacial score (nSPS) is 14.5. The van der Waals surface area contributed by atoms with Gasteiger partial charge >= 0.3 is 0 Å². The van der Waals surface area contributed by atoms with Crippen molar-refractivity contribution < 1.29 is 9.47 Å². The number of methoxy groups -OCH3 is 2. The number of hydrogen-bond donors (Lipinski definition) is 0. The van der Waals surface area contributed by atoms with Crippen LogP contribution in [0.1, 0.15) is 25.3 Å². The Balaban J connectivity index is 3.02. The molecule has 2 nitrogen and oxygen atoms in total. The molecule has 0 aliphatic rings. The lowest BCUT2D eigenvalue weighted by Crippen LogP contribution is -2.04. The summed E-state index contributed by atoms with van der Waals surface area (Å²) >= 11 is 3.59. The van der Waals surface area contributed by atoms with E-state index in [0.29, 0.717) is 10.7 Å². The quantitative estimate of drug-likeness (QED) is 0.780. The molecular formula is C12H17BrO2. The molecule has 0 N–H and O–H groups in total. The number of rotatable bonds is 4. The lowest BCUT2D eigenvalue weighted by atomic mass is 9.98. The molecule has 0 radical (unpaired) electrons. The molecular weight excluding hydrogens is 256 g/mol. The Kier molecular flexibility index (Phi) is 4.45. The second-order valence-electron chi connectivity index (χ2n) is 3.58. The van der Waals surface area contributed by atoms with Gasteiger partial charge in [0.25, 0.3) is 0 Å². The SMILES string of the molecule is COc1ccc(C(C)C(C)Br)cc1OC. The minimum atomic E-state index is 0.440. The summed E-state index contributed by atoms with van der Waals surface area (Å²) in [6, 6.07) is 6.05. The van der Waals surface area contributed by atoms with Gasteiger partial charge in [0.2, 0.25) is 0 Å². The fraction of sp³-hybridized carbons (Fsp3) is 0.500. The first kappa shape index (κ1) is 12.4. The minimum Gasteiger partial charge on any atom is -0.493 e. The third-order valence-corrected chi connectivity index (χ3v) is 3.42. The molecule has 15 heavy (non-hydrogen) atoms. The highest BCUT2D eigenvalue weighted by Gasteiger charge is 2.13. The van der Waals surface area contributed by atoms with Crippen LogP contribution in [0.3, 0.4) is 0 Å². The molecule has 1 aromatic rings. The monoisotopic (exact) mass is 272 g/mol. The third kappa shape index (κ3) is 2.88. The van der Waals surface area contributed by atoms with Crippen molar-refractivity contribution in [2.75, 3.05) is 14.2 Å². The maximum atomic E-state index is 5.27. The number of ether oxygens (including phenoxy) is 2. The van der Waals surface area contributed by atoms with Gasteiger partial charge < -0.3 is 9.47 Å². The molecule has 0 aliphatic carbocycles. The van der Waals surface area contributed by atoms with E-state index >= 15 is 0 Å². The van der Waals surface area contributed by atoms with Crippen LogP contribution in [-0.4, -0.2) is 19.0 Å². The van der Waals surface area contributed by atoms with E-state index in [4.69, 9.17) is 9.47 Å². The minimum absolute atomic E-state index is 0.440. The fourth-order valence-corrected chi connectivity index (χ4v) is 1.71. The number of halogens is 1. The number of hydrogen-bond acceptors (Lipinski definition) is 2. The molecule has 2 atom stereocenters. The topological polar surface area (TPSA) is 18.5 Å². The maximum Gasteiger partial charge on any atom is 0.160 e. The standard InChI is InChI=1S/C12H17BrO2/c1-8(9(2)13)10-5-6-11(14-3)12(7-10)15-4/h5-9H,1-4H3. The van der Waals surface area contributed by atoms with E-state index in [2.05, 4.69) is 35.8 Å². The molecule has 1 rings (SSSR count). The fourth-order valence-electron chi connectivity index (χ4n) is 1.40. The molecule has 0 amide bonds. The van der Waals surface area contributed by atoms with Crippen LogP contribution < -0.4 is 9.47 Å². The van der Waals surface area contributed by atoms with Crippen molar-refractivity contribution in [3.63, 3.8) is 0 Å². The van der Waals surface area contributed by atoms with Crippen molar-refractivity contribution in [3.8, 4) is 11.5 Å². The van der Waals surface area contributed by atoms with Gasteiger partial charge in [0.05, 0.1) is 14.2 Å². The van der Waals surface area contributed by atoms with Gasteiger partial charge in [-0.3, -0.25) is 0 Å². The van der Waals surface area contributed by atoms with Crippen molar-refractivity contribution >= 4 is 15.9 Å². The van der Waals surface area contributed by atoms with Crippen molar-refractivity contribution in [2.45, 2.75) is 24.6 Å². The van der Waals surface area contributed by atoms with Crippen LogP contribution in [0.15, 0.2) is 18.2 Å². The van der Waals surface area contributed by atoms with Gasteiger partial charge in [0, 0.05) is 4.83 Å². The average Bonchev–Trinajstić information content (AvgIpc) is 2.26. The molecule has 0 saturated heterocycles. The van der Waals surface area contributed by atoms with Crippen LogP contribution in [-0.2, 0) is 0 Å². The Labute approximate surface area is 99.7 Å². The van der Waals surface area contributed by atoms with E-state index < -0.39 is 0 Å². The average molecular weight is 273 g/mol. The van der Waals surface area contributed by atoms with Crippen molar-refractivity contribution in [1.29, 1.82) is 0 Å². The number of benzene rings is 1. The molecule has 0 saturated carbocycles. The van der Waals surface area contributed by atoms with Crippen LogP contribution in [0.5, 0.6) is 11.5 Å². The number of alkyl halides is 1. The maximum absolute atomic E-state index is 5.27. The lowest BCUT2D eigenvalue weighted by Gasteiger charge is -2.16. The summed E-state index contributed by atoms with van der Waals surface area (Å²) < 4.78 is 10.5. The van der Waals surface area contributed by atoms with E-state index in [1.165, 1.54) is 5.56 Å². The van der Waals surface area contributed by atoms with Gasteiger partial charge in [-0.2, -0.15) is 0 Å². The van der Waals surface area contributed by atoms with Crippen molar-refractivity contribution in [2.24, 2.45) is 0 Å². The van der Waals surface area contributed by atoms with Gasteiger partial charge in [0.1, 0.15) is 0 Å². The van der Waals surface area contributed by atoms with Crippen LogP contribution in [0.25, 0.3) is 0 Å². The second kappa shape index (κ2) is 5.40. The highest BCUT2D eigenvalue weighted by atomic mass is 79.9. The summed E-state index contributed by atoms with van der Waals surface area (Å²) in [7, 11) is 3.30. The van der Waals surface area contributed by atoms with Gasteiger partial charge in [-0.25, -0.2) is 0 Å². The summed E-state index contributed by atoms with van der Waals surface area (Å²) in [5.74, 6) is 2.01. The van der Waals surface area contributed by atoms with Gasteiger partial charge in [-0.1, -0.05) is 35.8 Å². The Morgan fingerprint density at radius 2 is 1.67 bits per heavy atom.